The van der Waals surface area contributed by atoms with Crippen LogP contribution in [-0.4, -0.2) is 12.6 Å². The Morgan fingerprint density at radius 3 is 2.56 bits per heavy atom. The summed E-state index contributed by atoms with van der Waals surface area (Å²) in [5, 5.41) is 0. The average Bonchev–Trinajstić information content (AvgIpc) is 1.83. The van der Waals surface area contributed by atoms with Crippen LogP contribution < -0.4 is 0 Å². The molecular weight excluding hydrogens is 116 g/mol. The Kier molecular flexibility index (Phi) is 3.76. The van der Waals surface area contributed by atoms with E-state index in [9.17, 15) is 4.79 Å². The maximum Gasteiger partial charge on any atom is 0.302 e. The highest BCUT2D eigenvalue weighted by Crippen LogP contribution is 1.95. The molecule has 0 saturated heterocycles. The monoisotopic (exact) mass is 128 g/mol. The summed E-state index contributed by atoms with van der Waals surface area (Å²) in [5.74, 6) is -0.246. The molecule has 0 fully saturated rings. The van der Waals surface area contributed by atoms with Gasteiger partial charge in [0.2, 0.25) is 0 Å². The molecular formula is C7H12O2. The molecule has 0 atom stereocenters. The van der Waals surface area contributed by atoms with Gasteiger partial charge in [-0.05, 0) is 12.0 Å². The number of carbonyl (C=O) groups is 1. The van der Waals surface area contributed by atoms with Gasteiger partial charge in [-0.2, -0.15) is 0 Å². The van der Waals surface area contributed by atoms with Crippen LogP contribution in [0.3, 0.4) is 0 Å². The Labute approximate surface area is 55.5 Å². The number of carbonyl (C=O) groups excluding carboxylic acids is 1. The van der Waals surface area contributed by atoms with Crippen molar-refractivity contribution in [2.24, 2.45) is 0 Å². The highest BCUT2D eigenvalue weighted by atomic mass is 16.5. The molecule has 2 heteroatoms. The van der Waals surface area contributed by atoms with E-state index in [0.717, 1.165) is 12.0 Å². The van der Waals surface area contributed by atoms with Crippen LogP contribution in [0.4, 0.5) is 0 Å². The van der Waals surface area contributed by atoms with Gasteiger partial charge in [0.25, 0.3) is 0 Å². The third-order valence-electron chi connectivity index (χ3n) is 0.980. The fourth-order valence-electron chi connectivity index (χ4n) is 0.306. The van der Waals surface area contributed by atoms with E-state index < -0.39 is 0 Å². The van der Waals surface area contributed by atoms with Gasteiger partial charge in [-0.25, -0.2) is 0 Å². The van der Waals surface area contributed by atoms with E-state index in [-0.39, 0.29) is 5.97 Å². The van der Waals surface area contributed by atoms with E-state index in [4.69, 9.17) is 0 Å². The first kappa shape index (κ1) is 8.21. The van der Waals surface area contributed by atoms with Gasteiger partial charge in [0, 0.05) is 6.92 Å². The maximum atomic E-state index is 10.2. The van der Waals surface area contributed by atoms with Crippen molar-refractivity contribution < 1.29 is 9.53 Å². The topological polar surface area (TPSA) is 26.3 Å². The largest absolute Gasteiger partial charge is 0.461 e. The number of rotatable bonds is 3. The molecule has 0 heterocycles. The Morgan fingerprint density at radius 2 is 2.22 bits per heavy atom. The number of hydrogen-bond donors (Lipinski definition) is 0. The first-order chi connectivity index (χ1) is 4.16. The van der Waals surface area contributed by atoms with Crippen molar-refractivity contribution in [3.63, 3.8) is 0 Å². The molecule has 0 aromatic rings. The van der Waals surface area contributed by atoms with Crippen LogP contribution in [0, 0.1) is 0 Å². The quantitative estimate of drug-likeness (QED) is 0.425. The molecule has 0 aromatic heterocycles. The molecule has 2 nitrogen and oxygen atoms in total. The zero-order valence-corrected chi connectivity index (χ0v) is 5.94. The Hall–Kier alpha value is -0.790. The minimum atomic E-state index is -0.246. The second-order valence-corrected chi connectivity index (χ2v) is 1.88. The molecule has 0 N–H and O–H groups in total. The minimum Gasteiger partial charge on any atom is -0.461 e. The molecule has 0 radical (unpaired) electrons. The molecule has 0 aliphatic rings. The van der Waals surface area contributed by atoms with Crippen molar-refractivity contribution in [3.8, 4) is 0 Å². The van der Waals surface area contributed by atoms with E-state index in [0.29, 0.717) is 6.61 Å². The summed E-state index contributed by atoms with van der Waals surface area (Å²) < 4.78 is 4.66. The Morgan fingerprint density at radius 1 is 1.67 bits per heavy atom. The lowest BCUT2D eigenvalue weighted by Gasteiger charge is -2.00. The molecule has 0 saturated carbocycles. The summed E-state index contributed by atoms with van der Waals surface area (Å²) >= 11 is 0. The molecule has 9 heavy (non-hydrogen) atoms. The lowest BCUT2D eigenvalue weighted by Crippen LogP contribution is -2.01. The van der Waals surface area contributed by atoms with Crippen molar-refractivity contribution >= 4 is 5.97 Å². The maximum absolute atomic E-state index is 10.2. The first-order valence-corrected chi connectivity index (χ1v) is 2.96. The normalized spacial score (nSPS) is 8.67. The summed E-state index contributed by atoms with van der Waals surface area (Å²) in [6.07, 6.45) is 0.868. The van der Waals surface area contributed by atoms with E-state index in [2.05, 4.69) is 11.3 Å². The van der Waals surface area contributed by atoms with Gasteiger partial charge in [-0.15, -0.1) is 0 Å². The number of esters is 1. The lowest BCUT2D eigenvalue weighted by atomic mass is 10.2. The van der Waals surface area contributed by atoms with Crippen molar-refractivity contribution in [1.82, 2.24) is 0 Å². The van der Waals surface area contributed by atoms with Gasteiger partial charge in [-0.1, -0.05) is 13.5 Å². The molecule has 0 aromatic carbocycles. The number of hydrogen-bond acceptors (Lipinski definition) is 2. The Bertz CT molecular complexity index is 116. The van der Waals surface area contributed by atoms with Crippen LogP contribution in [0.15, 0.2) is 12.2 Å². The zero-order valence-electron chi connectivity index (χ0n) is 5.94. The predicted molar refractivity (Wildman–Crippen MR) is 36.1 cm³/mol. The second kappa shape index (κ2) is 4.13. The zero-order chi connectivity index (χ0) is 7.28. The van der Waals surface area contributed by atoms with E-state index in [1.54, 1.807) is 0 Å². The van der Waals surface area contributed by atoms with E-state index >= 15 is 0 Å². The third kappa shape index (κ3) is 5.07. The van der Waals surface area contributed by atoms with Crippen LogP contribution in [0.25, 0.3) is 0 Å². The molecule has 52 valence electrons. The van der Waals surface area contributed by atoms with Crippen LogP contribution in [0.2, 0.25) is 0 Å². The SMILES string of the molecule is C=C(CC)COC(C)=O. The van der Waals surface area contributed by atoms with E-state index in [1.807, 2.05) is 6.92 Å². The molecule has 0 aliphatic carbocycles. The average molecular weight is 128 g/mol. The summed E-state index contributed by atoms with van der Waals surface area (Å²) in [6, 6.07) is 0. The van der Waals surface area contributed by atoms with Gasteiger partial charge >= 0.3 is 5.97 Å². The van der Waals surface area contributed by atoms with Crippen LogP contribution in [-0.2, 0) is 9.53 Å². The van der Waals surface area contributed by atoms with Gasteiger partial charge in [0.05, 0.1) is 0 Å². The molecule has 0 bridgehead atoms. The van der Waals surface area contributed by atoms with Crippen LogP contribution >= 0.6 is 0 Å². The fraction of sp³-hybridized carbons (Fsp3) is 0.571. The smallest absolute Gasteiger partial charge is 0.302 e. The standard InChI is InChI=1S/C7H12O2/c1-4-6(2)5-9-7(3)8/h2,4-5H2,1,3H3. The van der Waals surface area contributed by atoms with Gasteiger partial charge in [0.15, 0.2) is 0 Å². The molecule has 0 rings (SSSR count). The van der Waals surface area contributed by atoms with E-state index in [1.165, 1.54) is 6.92 Å². The molecule has 0 amide bonds. The Balaban J connectivity index is 3.28. The predicted octanol–water partition coefficient (Wildman–Crippen LogP) is 1.52. The summed E-state index contributed by atoms with van der Waals surface area (Å²) in [6.45, 7) is 7.40. The highest BCUT2D eigenvalue weighted by molar-refractivity contribution is 5.66. The van der Waals surface area contributed by atoms with Crippen molar-refractivity contribution in [3.05, 3.63) is 12.2 Å². The van der Waals surface area contributed by atoms with Crippen molar-refractivity contribution in [1.29, 1.82) is 0 Å². The lowest BCUT2D eigenvalue weighted by molar-refractivity contribution is -0.140. The van der Waals surface area contributed by atoms with Crippen molar-refractivity contribution in [2.75, 3.05) is 6.61 Å². The van der Waals surface area contributed by atoms with Gasteiger partial charge in [-0.3, -0.25) is 4.79 Å². The summed E-state index contributed by atoms with van der Waals surface area (Å²) in [7, 11) is 0. The van der Waals surface area contributed by atoms with Crippen molar-refractivity contribution in [2.45, 2.75) is 20.3 Å². The minimum absolute atomic E-state index is 0.246. The van der Waals surface area contributed by atoms with Crippen LogP contribution in [0.5, 0.6) is 0 Å². The number of ether oxygens (including phenoxy) is 1. The summed E-state index contributed by atoms with van der Waals surface area (Å²) in [4.78, 5) is 10.2. The molecule has 0 aliphatic heterocycles. The molecule has 0 unspecified atom stereocenters. The third-order valence-corrected chi connectivity index (χ3v) is 0.980. The fourth-order valence-corrected chi connectivity index (χ4v) is 0.306. The first-order valence-electron chi connectivity index (χ1n) is 2.96. The highest BCUT2D eigenvalue weighted by Gasteiger charge is 1.92. The second-order valence-electron chi connectivity index (χ2n) is 1.88. The van der Waals surface area contributed by atoms with Gasteiger partial charge in [0.1, 0.15) is 6.61 Å². The van der Waals surface area contributed by atoms with Gasteiger partial charge < -0.3 is 4.74 Å². The summed E-state index contributed by atoms with van der Waals surface area (Å²) in [5.41, 5.74) is 0.949. The van der Waals surface area contributed by atoms with Crippen LogP contribution in [0.1, 0.15) is 20.3 Å². The molecule has 0 spiro atoms.